The van der Waals surface area contributed by atoms with E-state index >= 15 is 0 Å². The lowest BCUT2D eigenvalue weighted by Gasteiger charge is -2.52. The summed E-state index contributed by atoms with van der Waals surface area (Å²) in [6, 6.07) is 13.7. The molecule has 10 rings (SSSR count). The summed E-state index contributed by atoms with van der Waals surface area (Å²) in [5.74, 6) is 0. The molecule has 6 nitrogen and oxygen atoms in total. The number of piperidine rings is 2. The molecule has 4 atom stereocenters. The van der Waals surface area contributed by atoms with E-state index in [4.69, 9.17) is 23.2 Å². The molecule has 0 amide bonds. The second-order valence-corrected chi connectivity index (χ2v) is 14.9. The van der Waals surface area contributed by atoms with Crippen LogP contribution in [0.4, 0.5) is 0 Å². The molecule has 6 aliphatic rings. The van der Waals surface area contributed by atoms with Gasteiger partial charge in [0.1, 0.15) is 0 Å². The molecule has 0 saturated carbocycles. The largest absolute Gasteiger partial charge is 0.357 e. The summed E-state index contributed by atoms with van der Waals surface area (Å²) >= 11 is 12.3. The number of hydrogen-bond donors (Lipinski definition) is 2. The Morgan fingerprint density at radius 3 is 1.50 bits per heavy atom. The third-order valence-corrected chi connectivity index (χ3v) is 12.3. The number of rotatable bonds is 0. The van der Waals surface area contributed by atoms with Gasteiger partial charge in [-0.2, -0.15) is 0 Å². The van der Waals surface area contributed by atoms with Crippen LogP contribution in [0.15, 0.2) is 36.4 Å². The van der Waals surface area contributed by atoms with Crippen LogP contribution in [0, 0.1) is 0 Å². The van der Waals surface area contributed by atoms with Gasteiger partial charge in [0.2, 0.25) is 0 Å². The summed E-state index contributed by atoms with van der Waals surface area (Å²) < 4.78 is 0. The fourth-order valence-corrected chi connectivity index (χ4v) is 10.2. The van der Waals surface area contributed by atoms with Crippen molar-refractivity contribution in [2.45, 2.75) is 88.6 Å². The molecule has 8 heteroatoms. The molecule has 2 aromatic heterocycles. The second-order valence-electron chi connectivity index (χ2n) is 14.0. The number of benzene rings is 2. The predicted molar refractivity (Wildman–Crippen MR) is 181 cm³/mol. The van der Waals surface area contributed by atoms with Crippen LogP contribution in [0.25, 0.3) is 21.8 Å². The van der Waals surface area contributed by atoms with Gasteiger partial charge in [0.15, 0.2) is 0 Å². The summed E-state index contributed by atoms with van der Waals surface area (Å²) in [6.07, 6.45) is 14.4. The molecular formula is C36H44Cl2N6. The molecule has 4 fully saturated rings. The van der Waals surface area contributed by atoms with Gasteiger partial charge in [-0.15, -0.1) is 0 Å². The van der Waals surface area contributed by atoms with E-state index in [1.165, 1.54) is 135 Å². The molecule has 0 spiro atoms. The van der Waals surface area contributed by atoms with Crippen LogP contribution in [0.3, 0.4) is 0 Å². The lowest BCUT2D eigenvalue weighted by Crippen LogP contribution is -2.58. The molecule has 2 N–H and O–H groups in total. The van der Waals surface area contributed by atoms with Crippen LogP contribution < -0.4 is 0 Å². The first-order valence-electron chi connectivity index (χ1n) is 17.2. The van der Waals surface area contributed by atoms with Crippen molar-refractivity contribution >= 4 is 45.0 Å². The summed E-state index contributed by atoms with van der Waals surface area (Å²) in [5, 5.41) is 4.41. The fourth-order valence-electron chi connectivity index (χ4n) is 9.86. The van der Waals surface area contributed by atoms with Crippen molar-refractivity contribution in [1.82, 2.24) is 29.6 Å². The van der Waals surface area contributed by atoms with Gasteiger partial charge < -0.3 is 9.97 Å². The number of H-pyrrole nitrogens is 2. The smallest absolute Gasteiger partial charge is 0.0628 e. The Kier molecular flexibility index (Phi) is 7.25. The number of hydrogen-bond acceptors (Lipinski definition) is 4. The zero-order chi connectivity index (χ0) is 29.4. The number of aromatic nitrogens is 2. The van der Waals surface area contributed by atoms with Crippen LogP contribution >= 0.6 is 23.2 Å². The zero-order valence-corrected chi connectivity index (χ0v) is 27.1. The highest BCUT2D eigenvalue weighted by molar-refractivity contribution is 6.31. The quantitative estimate of drug-likeness (QED) is 0.207. The van der Waals surface area contributed by atoms with Gasteiger partial charge in [0.05, 0.1) is 24.4 Å². The molecule has 0 bridgehead atoms. The molecule has 8 heterocycles. The third kappa shape index (κ3) is 4.66. The third-order valence-electron chi connectivity index (χ3n) is 11.8. The van der Waals surface area contributed by atoms with Crippen molar-refractivity contribution in [3.63, 3.8) is 0 Å². The maximum absolute atomic E-state index is 6.17. The van der Waals surface area contributed by atoms with Gasteiger partial charge in [0.25, 0.3) is 0 Å². The molecule has 2 aromatic carbocycles. The molecular weight excluding hydrogens is 587 g/mol. The maximum atomic E-state index is 6.17. The van der Waals surface area contributed by atoms with E-state index in [2.05, 4.69) is 53.8 Å². The molecule has 0 aliphatic carbocycles. The topological polar surface area (TPSA) is 44.5 Å². The minimum absolute atomic E-state index is 0.578. The van der Waals surface area contributed by atoms with E-state index in [1.54, 1.807) is 0 Å². The van der Waals surface area contributed by atoms with Gasteiger partial charge >= 0.3 is 0 Å². The highest BCUT2D eigenvalue weighted by atomic mass is 35.5. The van der Waals surface area contributed by atoms with Crippen LogP contribution in [-0.2, 0) is 12.8 Å². The first kappa shape index (κ1) is 28.2. The van der Waals surface area contributed by atoms with Crippen molar-refractivity contribution in [3.8, 4) is 0 Å². The van der Waals surface area contributed by atoms with Crippen molar-refractivity contribution in [2.75, 3.05) is 39.3 Å². The number of halogens is 2. The highest BCUT2D eigenvalue weighted by Gasteiger charge is 2.42. The van der Waals surface area contributed by atoms with E-state index in [-0.39, 0.29) is 0 Å². The van der Waals surface area contributed by atoms with Gasteiger partial charge in [-0.05, 0) is 113 Å². The Balaban J connectivity index is 0.000000123. The van der Waals surface area contributed by atoms with Crippen LogP contribution in [0.1, 0.15) is 86.0 Å². The Labute approximate surface area is 270 Å². The van der Waals surface area contributed by atoms with Crippen molar-refractivity contribution in [2.24, 2.45) is 0 Å². The van der Waals surface area contributed by atoms with Crippen molar-refractivity contribution < 1.29 is 0 Å². The number of aromatic amines is 2. The van der Waals surface area contributed by atoms with Gasteiger partial charge in [-0.1, -0.05) is 35.3 Å². The molecule has 0 unspecified atom stereocenters. The van der Waals surface area contributed by atoms with Gasteiger partial charge in [-0.3, -0.25) is 19.6 Å². The summed E-state index contributed by atoms with van der Waals surface area (Å²) in [4.78, 5) is 18.4. The van der Waals surface area contributed by atoms with Gasteiger partial charge in [-0.25, -0.2) is 0 Å². The monoisotopic (exact) mass is 630 g/mol. The standard InChI is InChI=1S/2C18H22ClN3/c2*19-12-4-5-13-14-6-10-22-16(18(14)20-15(13)11-12)7-9-21-8-2-1-3-17(21)22/h2*4-5,11,16-17,20H,1-3,6-10H2/t2*16-,17-/m10/s1. The first-order valence-corrected chi connectivity index (χ1v) is 18.0. The average molecular weight is 632 g/mol. The Morgan fingerprint density at radius 2 is 1.02 bits per heavy atom. The molecule has 4 saturated heterocycles. The Bertz CT molecular complexity index is 1570. The Hall–Kier alpha value is -2.06. The molecule has 0 radical (unpaired) electrons. The minimum Gasteiger partial charge on any atom is -0.357 e. The minimum atomic E-state index is 0.578. The first-order chi connectivity index (χ1) is 21.6. The fraction of sp³-hybridized carbons (Fsp3) is 0.556. The predicted octanol–water partition coefficient (Wildman–Crippen LogP) is 7.87. The van der Waals surface area contributed by atoms with Crippen molar-refractivity contribution in [3.05, 3.63) is 69.0 Å². The second kappa shape index (κ2) is 11.3. The van der Waals surface area contributed by atoms with E-state index in [0.29, 0.717) is 24.4 Å². The van der Waals surface area contributed by atoms with Crippen molar-refractivity contribution in [1.29, 1.82) is 0 Å². The van der Waals surface area contributed by atoms with E-state index < -0.39 is 0 Å². The van der Waals surface area contributed by atoms with Crippen LogP contribution in [-0.4, -0.2) is 81.2 Å². The lowest BCUT2D eigenvalue weighted by molar-refractivity contribution is -0.0600. The zero-order valence-electron chi connectivity index (χ0n) is 25.6. The summed E-state index contributed by atoms with van der Waals surface area (Å²) in [5.41, 5.74) is 8.44. The summed E-state index contributed by atoms with van der Waals surface area (Å²) in [6.45, 7) is 7.50. The summed E-state index contributed by atoms with van der Waals surface area (Å²) in [7, 11) is 0. The lowest BCUT2D eigenvalue weighted by atomic mass is 9.90. The molecule has 44 heavy (non-hydrogen) atoms. The number of nitrogens with zero attached hydrogens (tertiary/aromatic N) is 4. The SMILES string of the molecule is Clc1ccc2c3c([nH]c2c1)[C@@H]1CCN2CCCC[C@@H]2N1CC3.Clc1ccc2c3c([nH]c2c1)[C@H]1CCN2CCCC[C@H]2N1CC3. The Morgan fingerprint density at radius 1 is 0.545 bits per heavy atom. The molecule has 6 aliphatic heterocycles. The highest BCUT2D eigenvalue weighted by Crippen LogP contribution is 2.44. The van der Waals surface area contributed by atoms with Crippen LogP contribution in [0.5, 0.6) is 0 Å². The van der Waals surface area contributed by atoms with E-state index in [9.17, 15) is 0 Å². The maximum Gasteiger partial charge on any atom is 0.0628 e. The molecule has 232 valence electrons. The number of fused-ring (bicyclic) bond motifs is 14. The van der Waals surface area contributed by atoms with Crippen LogP contribution in [0.2, 0.25) is 10.0 Å². The normalized spacial score (nSPS) is 29.1. The molecule has 4 aromatic rings. The number of nitrogens with one attached hydrogen (secondary N) is 2. The van der Waals surface area contributed by atoms with E-state index in [0.717, 1.165) is 22.9 Å². The average Bonchev–Trinajstić information content (AvgIpc) is 3.62. The van der Waals surface area contributed by atoms with E-state index in [1.807, 2.05) is 12.1 Å². The van der Waals surface area contributed by atoms with Gasteiger partial charge in [0, 0.05) is 69.4 Å².